The monoisotopic (exact) mass is 623 g/mol. The average Bonchev–Trinajstić information content (AvgIpc) is 3.52. The first kappa shape index (κ1) is 28.1. The lowest BCUT2D eigenvalue weighted by atomic mass is 9.97. The molecule has 3 unspecified atom stereocenters. The minimum atomic E-state index is -0.0484. The van der Waals surface area contributed by atoms with Gasteiger partial charge in [0.1, 0.15) is 0 Å². The van der Waals surface area contributed by atoms with Crippen LogP contribution in [0.4, 0.5) is 0 Å². The van der Waals surface area contributed by atoms with E-state index in [1.54, 1.807) is 0 Å². The van der Waals surface area contributed by atoms with Crippen molar-refractivity contribution in [1.82, 2.24) is 16.0 Å². The average molecular weight is 624 g/mol. The van der Waals surface area contributed by atoms with Crippen LogP contribution in [-0.2, 0) is 0 Å². The van der Waals surface area contributed by atoms with Gasteiger partial charge in [0, 0.05) is 20.2 Å². The van der Waals surface area contributed by atoms with Gasteiger partial charge in [0.15, 0.2) is 0 Å². The predicted molar refractivity (Wildman–Crippen MR) is 198 cm³/mol. The molecule has 1 aliphatic heterocycles. The van der Waals surface area contributed by atoms with Crippen LogP contribution >= 0.6 is 11.3 Å². The molecule has 0 amide bonds. The van der Waals surface area contributed by atoms with Gasteiger partial charge in [-0.15, -0.1) is 11.3 Å². The minimum absolute atomic E-state index is 0.0193. The van der Waals surface area contributed by atoms with Crippen molar-refractivity contribution in [1.29, 1.82) is 0 Å². The molecule has 3 N–H and O–H groups in total. The summed E-state index contributed by atoms with van der Waals surface area (Å²) in [6, 6.07) is 59.2. The molecular weight excluding hydrogens is 591 g/mol. The van der Waals surface area contributed by atoms with E-state index in [-0.39, 0.29) is 18.5 Å². The van der Waals surface area contributed by atoms with Gasteiger partial charge in [-0.1, -0.05) is 146 Å². The Kier molecular flexibility index (Phi) is 7.14. The van der Waals surface area contributed by atoms with Crippen LogP contribution in [0.1, 0.15) is 35.2 Å². The highest BCUT2D eigenvalue weighted by atomic mass is 32.1. The number of rotatable bonds is 5. The summed E-state index contributed by atoms with van der Waals surface area (Å²) in [5, 5.41) is 16.8. The molecule has 0 radical (unpaired) electrons. The lowest BCUT2D eigenvalue weighted by Gasteiger charge is -2.39. The number of fused-ring (bicyclic) bond motifs is 4. The van der Waals surface area contributed by atoms with E-state index in [9.17, 15) is 0 Å². The summed E-state index contributed by atoms with van der Waals surface area (Å²) in [6.07, 6.45) is -0.113. The molecule has 4 heteroatoms. The second-order valence-electron chi connectivity index (χ2n) is 12.3. The van der Waals surface area contributed by atoms with Crippen molar-refractivity contribution >= 4 is 42.3 Å². The Balaban J connectivity index is 1.08. The molecule has 9 rings (SSSR count). The maximum Gasteiger partial charge on any atom is 0.0865 e. The molecule has 47 heavy (non-hydrogen) atoms. The maximum atomic E-state index is 3.89. The van der Waals surface area contributed by atoms with Gasteiger partial charge >= 0.3 is 0 Å². The van der Waals surface area contributed by atoms with Crippen LogP contribution in [0.5, 0.6) is 0 Å². The molecule has 1 saturated heterocycles. The van der Waals surface area contributed by atoms with Crippen LogP contribution in [0.25, 0.3) is 53.2 Å². The summed E-state index contributed by atoms with van der Waals surface area (Å²) >= 11 is 1.88. The Morgan fingerprint density at radius 2 is 0.936 bits per heavy atom. The maximum absolute atomic E-state index is 3.89. The van der Waals surface area contributed by atoms with E-state index in [0.717, 1.165) is 0 Å². The van der Waals surface area contributed by atoms with Crippen molar-refractivity contribution in [2.75, 3.05) is 0 Å². The van der Waals surface area contributed by atoms with Crippen molar-refractivity contribution in [3.8, 4) is 22.3 Å². The molecule has 2 heterocycles. The molecule has 3 nitrogen and oxygen atoms in total. The predicted octanol–water partition coefficient (Wildman–Crippen LogP) is 10.7. The zero-order valence-electron chi connectivity index (χ0n) is 25.7. The molecule has 0 saturated carbocycles. The standard InChI is InChI=1S/C43H33N3S/c1-3-11-28(12-4-1)31-17-9-18-33(25-31)42-44-41(30-14-5-2-6-15-30)45-43(46-42)34-22-24-38-37-23-21-32(26-39(37)47-40(38)27-34)36-20-10-16-29-13-7-8-19-35(29)36/h1-27,41-46H. The Bertz CT molecular complexity index is 2360. The molecule has 0 bridgehead atoms. The topological polar surface area (TPSA) is 36.1 Å². The van der Waals surface area contributed by atoms with Crippen LogP contribution < -0.4 is 16.0 Å². The van der Waals surface area contributed by atoms with E-state index in [1.807, 2.05) is 11.3 Å². The van der Waals surface area contributed by atoms with E-state index in [1.165, 1.54) is 69.9 Å². The number of nitrogens with one attached hydrogen (secondary N) is 3. The van der Waals surface area contributed by atoms with Crippen LogP contribution in [0, 0.1) is 0 Å². The van der Waals surface area contributed by atoms with Crippen molar-refractivity contribution in [2.45, 2.75) is 18.5 Å². The second kappa shape index (κ2) is 11.9. The minimum Gasteiger partial charge on any atom is -0.279 e. The van der Waals surface area contributed by atoms with E-state index < -0.39 is 0 Å². The van der Waals surface area contributed by atoms with E-state index in [2.05, 4.69) is 180 Å². The van der Waals surface area contributed by atoms with Crippen LogP contribution in [-0.4, -0.2) is 0 Å². The Morgan fingerprint density at radius 1 is 0.362 bits per heavy atom. The number of hydrogen-bond acceptors (Lipinski definition) is 4. The fourth-order valence-electron chi connectivity index (χ4n) is 7.01. The fraction of sp³-hybridized carbons (Fsp3) is 0.0698. The molecule has 226 valence electrons. The zero-order valence-corrected chi connectivity index (χ0v) is 26.5. The zero-order chi connectivity index (χ0) is 31.2. The first-order chi connectivity index (χ1) is 23.3. The molecule has 8 aromatic rings. The number of benzene rings is 7. The lowest BCUT2D eigenvalue weighted by Crippen LogP contribution is -2.54. The van der Waals surface area contributed by atoms with Gasteiger partial charge in [0.2, 0.25) is 0 Å². The smallest absolute Gasteiger partial charge is 0.0865 e. The third kappa shape index (κ3) is 5.32. The summed E-state index contributed by atoms with van der Waals surface area (Å²) in [5.74, 6) is 0. The normalized spacial score (nSPS) is 18.2. The molecule has 3 atom stereocenters. The third-order valence-electron chi connectivity index (χ3n) is 9.39. The van der Waals surface area contributed by atoms with Gasteiger partial charge in [0.05, 0.1) is 18.5 Å². The van der Waals surface area contributed by atoms with Crippen molar-refractivity contribution in [3.05, 3.63) is 180 Å². The van der Waals surface area contributed by atoms with E-state index in [4.69, 9.17) is 0 Å². The summed E-state index contributed by atoms with van der Waals surface area (Å²) in [7, 11) is 0. The summed E-state index contributed by atoms with van der Waals surface area (Å²) in [6.45, 7) is 0. The largest absolute Gasteiger partial charge is 0.279 e. The fourth-order valence-corrected chi connectivity index (χ4v) is 8.21. The van der Waals surface area contributed by atoms with Crippen LogP contribution in [0.15, 0.2) is 164 Å². The first-order valence-corrected chi connectivity index (χ1v) is 17.0. The van der Waals surface area contributed by atoms with Gasteiger partial charge < -0.3 is 0 Å². The Labute approximate surface area is 278 Å². The number of thiophene rings is 1. The molecule has 1 aromatic heterocycles. The molecule has 0 spiro atoms. The van der Waals surface area contributed by atoms with E-state index in [0.29, 0.717) is 0 Å². The summed E-state index contributed by atoms with van der Waals surface area (Å²) in [4.78, 5) is 0. The van der Waals surface area contributed by atoms with Crippen LogP contribution in [0.2, 0.25) is 0 Å². The summed E-state index contributed by atoms with van der Waals surface area (Å²) in [5.41, 5.74) is 8.63. The van der Waals surface area contributed by atoms with Gasteiger partial charge in [0.25, 0.3) is 0 Å². The lowest BCUT2D eigenvalue weighted by molar-refractivity contribution is 0.203. The molecule has 7 aromatic carbocycles. The second-order valence-corrected chi connectivity index (χ2v) is 13.4. The van der Waals surface area contributed by atoms with Gasteiger partial charge in [-0.05, 0) is 67.9 Å². The SMILES string of the molecule is c1ccc(-c2cccc(C3NC(c4ccccc4)NC(c4ccc5c(c4)sc4cc(-c6cccc7ccccc67)ccc45)N3)c2)cc1. The van der Waals surface area contributed by atoms with Crippen LogP contribution in [0.3, 0.4) is 0 Å². The van der Waals surface area contributed by atoms with E-state index >= 15 is 0 Å². The molecular formula is C43H33N3S. The highest BCUT2D eigenvalue weighted by Crippen LogP contribution is 2.39. The van der Waals surface area contributed by atoms with Gasteiger partial charge in [-0.3, -0.25) is 16.0 Å². The number of hydrogen-bond donors (Lipinski definition) is 3. The Morgan fingerprint density at radius 3 is 1.74 bits per heavy atom. The van der Waals surface area contributed by atoms with Crippen molar-refractivity contribution < 1.29 is 0 Å². The van der Waals surface area contributed by atoms with Gasteiger partial charge in [-0.25, -0.2) is 0 Å². The Hall–Kier alpha value is -5.10. The van der Waals surface area contributed by atoms with Gasteiger partial charge in [-0.2, -0.15) is 0 Å². The molecule has 1 aliphatic rings. The van der Waals surface area contributed by atoms with Crippen molar-refractivity contribution in [2.24, 2.45) is 0 Å². The summed E-state index contributed by atoms with van der Waals surface area (Å²) < 4.78 is 2.61. The highest BCUT2D eigenvalue weighted by molar-refractivity contribution is 7.25. The molecule has 0 aliphatic carbocycles. The first-order valence-electron chi connectivity index (χ1n) is 16.2. The third-order valence-corrected chi connectivity index (χ3v) is 10.5. The highest BCUT2D eigenvalue weighted by Gasteiger charge is 2.30. The van der Waals surface area contributed by atoms with Crippen molar-refractivity contribution in [3.63, 3.8) is 0 Å². The quantitative estimate of drug-likeness (QED) is 0.179. The molecule has 1 fully saturated rings.